The maximum atomic E-state index is 12.2. The molecule has 1 heterocycles. The van der Waals surface area contributed by atoms with Crippen molar-refractivity contribution in [3.63, 3.8) is 0 Å². The molecule has 0 aliphatic carbocycles. The molecule has 2 rings (SSSR count). The molecule has 0 fully saturated rings. The molecule has 0 aliphatic rings. The van der Waals surface area contributed by atoms with E-state index >= 15 is 0 Å². The number of likely N-dealkylation sites (N-methyl/N-ethyl adjacent to an activating group) is 1. The standard InChI is InChI=1S/C19H22N2O5/c1-2-21(13-15-7-4-3-5-8-15)17(22)14-26-18(23)10-11-20-19(24)16-9-6-12-25-16/h3-9,12H,2,10-11,13-14H2,1H3,(H,20,24). The molecule has 0 atom stereocenters. The first-order chi connectivity index (χ1) is 12.6. The second-order valence-corrected chi connectivity index (χ2v) is 5.54. The molecule has 26 heavy (non-hydrogen) atoms. The average molecular weight is 358 g/mol. The highest BCUT2D eigenvalue weighted by molar-refractivity contribution is 5.91. The summed E-state index contributed by atoms with van der Waals surface area (Å²) in [6.07, 6.45) is 1.37. The van der Waals surface area contributed by atoms with Gasteiger partial charge in [-0.25, -0.2) is 0 Å². The van der Waals surface area contributed by atoms with E-state index in [1.165, 1.54) is 12.3 Å². The minimum absolute atomic E-state index is 0.0233. The van der Waals surface area contributed by atoms with Crippen LogP contribution in [0.5, 0.6) is 0 Å². The summed E-state index contributed by atoms with van der Waals surface area (Å²) in [6, 6.07) is 12.7. The van der Waals surface area contributed by atoms with Crippen molar-refractivity contribution in [1.29, 1.82) is 0 Å². The number of carbonyl (C=O) groups is 3. The van der Waals surface area contributed by atoms with Gasteiger partial charge in [0, 0.05) is 19.6 Å². The zero-order valence-electron chi connectivity index (χ0n) is 14.6. The number of amides is 2. The first-order valence-electron chi connectivity index (χ1n) is 8.39. The number of hydrogen-bond acceptors (Lipinski definition) is 5. The number of benzene rings is 1. The number of esters is 1. The third kappa shape index (κ3) is 6.08. The lowest BCUT2D eigenvalue weighted by Gasteiger charge is -2.20. The smallest absolute Gasteiger partial charge is 0.308 e. The molecule has 1 aromatic heterocycles. The molecule has 0 radical (unpaired) electrons. The lowest BCUT2D eigenvalue weighted by atomic mass is 10.2. The summed E-state index contributed by atoms with van der Waals surface area (Å²) in [7, 11) is 0. The molecule has 0 saturated carbocycles. The van der Waals surface area contributed by atoms with E-state index in [1.807, 2.05) is 37.3 Å². The Morgan fingerprint density at radius 1 is 1.12 bits per heavy atom. The SMILES string of the molecule is CCN(Cc1ccccc1)C(=O)COC(=O)CCNC(=O)c1ccco1. The summed E-state index contributed by atoms with van der Waals surface area (Å²) in [6.45, 7) is 2.64. The number of furan rings is 1. The fourth-order valence-corrected chi connectivity index (χ4v) is 2.26. The van der Waals surface area contributed by atoms with Gasteiger partial charge in [-0.3, -0.25) is 14.4 Å². The van der Waals surface area contributed by atoms with Gasteiger partial charge in [-0.15, -0.1) is 0 Å². The van der Waals surface area contributed by atoms with Crippen LogP contribution in [0.15, 0.2) is 53.1 Å². The van der Waals surface area contributed by atoms with Crippen LogP contribution in [0.1, 0.15) is 29.5 Å². The van der Waals surface area contributed by atoms with Crippen LogP contribution in [0, 0.1) is 0 Å². The Labute approximate surface area is 151 Å². The van der Waals surface area contributed by atoms with Gasteiger partial charge in [0.1, 0.15) is 0 Å². The number of carbonyl (C=O) groups excluding carboxylic acids is 3. The van der Waals surface area contributed by atoms with Crippen molar-refractivity contribution in [3.8, 4) is 0 Å². The lowest BCUT2D eigenvalue weighted by Crippen LogP contribution is -2.34. The van der Waals surface area contributed by atoms with E-state index < -0.39 is 11.9 Å². The number of rotatable bonds is 9. The molecule has 0 aliphatic heterocycles. The van der Waals surface area contributed by atoms with Gasteiger partial charge >= 0.3 is 5.97 Å². The number of nitrogens with zero attached hydrogens (tertiary/aromatic N) is 1. The van der Waals surface area contributed by atoms with E-state index in [-0.39, 0.29) is 31.2 Å². The van der Waals surface area contributed by atoms with Gasteiger partial charge in [-0.2, -0.15) is 0 Å². The highest BCUT2D eigenvalue weighted by Gasteiger charge is 2.15. The van der Waals surface area contributed by atoms with Gasteiger partial charge < -0.3 is 19.4 Å². The molecule has 138 valence electrons. The topological polar surface area (TPSA) is 88.9 Å². The van der Waals surface area contributed by atoms with Gasteiger partial charge in [-0.1, -0.05) is 30.3 Å². The van der Waals surface area contributed by atoms with E-state index in [9.17, 15) is 14.4 Å². The van der Waals surface area contributed by atoms with Gasteiger partial charge in [-0.05, 0) is 24.6 Å². The van der Waals surface area contributed by atoms with E-state index in [2.05, 4.69) is 5.32 Å². The van der Waals surface area contributed by atoms with E-state index in [0.29, 0.717) is 13.1 Å². The quantitative estimate of drug-likeness (QED) is 0.693. The van der Waals surface area contributed by atoms with Crippen molar-refractivity contribution in [1.82, 2.24) is 10.2 Å². The third-order valence-corrected chi connectivity index (χ3v) is 3.67. The monoisotopic (exact) mass is 358 g/mol. The normalized spacial score (nSPS) is 10.2. The molecule has 2 amide bonds. The van der Waals surface area contributed by atoms with Crippen LogP contribution in [-0.2, 0) is 20.9 Å². The fourth-order valence-electron chi connectivity index (χ4n) is 2.26. The zero-order valence-corrected chi connectivity index (χ0v) is 14.6. The second-order valence-electron chi connectivity index (χ2n) is 5.54. The van der Waals surface area contributed by atoms with Crippen molar-refractivity contribution in [3.05, 3.63) is 60.1 Å². The first kappa shape index (κ1) is 19.2. The molecule has 0 unspecified atom stereocenters. The van der Waals surface area contributed by atoms with Crippen molar-refractivity contribution < 1.29 is 23.5 Å². The molecule has 0 spiro atoms. The Hall–Kier alpha value is -3.09. The predicted octanol–water partition coefficient (Wildman–Crippen LogP) is 1.99. The van der Waals surface area contributed by atoms with E-state index in [0.717, 1.165) is 5.56 Å². The number of hydrogen-bond donors (Lipinski definition) is 1. The summed E-state index contributed by atoms with van der Waals surface area (Å²) < 4.78 is 9.93. The van der Waals surface area contributed by atoms with Crippen molar-refractivity contribution in [2.45, 2.75) is 19.9 Å². The molecular formula is C19H22N2O5. The highest BCUT2D eigenvalue weighted by atomic mass is 16.5. The van der Waals surface area contributed by atoms with Crippen LogP contribution in [-0.4, -0.2) is 42.4 Å². The first-order valence-corrected chi connectivity index (χ1v) is 8.39. The summed E-state index contributed by atoms with van der Waals surface area (Å²) in [5.74, 6) is -1.04. The third-order valence-electron chi connectivity index (χ3n) is 3.67. The van der Waals surface area contributed by atoms with Gasteiger partial charge in [0.05, 0.1) is 12.7 Å². The minimum atomic E-state index is -0.547. The van der Waals surface area contributed by atoms with Crippen molar-refractivity contribution in [2.24, 2.45) is 0 Å². The van der Waals surface area contributed by atoms with Crippen LogP contribution in [0.3, 0.4) is 0 Å². The summed E-state index contributed by atoms with van der Waals surface area (Å²) in [4.78, 5) is 37.2. The molecule has 0 saturated heterocycles. The van der Waals surface area contributed by atoms with Crippen LogP contribution >= 0.6 is 0 Å². The van der Waals surface area contributed by atoms with Gasteiger partial charge in [0.15, 0.2) is 12.4 Å². The summed E-state index contributed by atoms with van der Waals surface area (Å²) in [5.41, 5.74) is 1.01. The van der Waals surface area contributed by atoms with Gasteiger partial charge in [0.25, 0.3) is 11.8 Å². The Kier molecular flexibility index (Phi) is 7.42. The largest absolute Gasteiger partial charge is 0.459 e. The molecule has 0 bridgehead atoms. The highest BCUT2D eigenvalue weighted by Crippen LogP contribution is 2.05. The molecule has 1 N–H and O–H groups in total. The molecule has 7 nitrogen and oxygen atoms in total. The van der Waals surface area contributed by atoms with Crippen LogP contribution in [0.4, 0.5) is 0 Å². The summed E-state index contributed by atoms with van der Waals surface area (Å²) in [5, 5.41) is 2.54. The lowest BCUT2D eigenvalue weighted by molar-refractivity contribution is -0.152. The number of nitrogens with one attached hydrogen (secondary N) is 1. The Bertz CT molecular complexity index is 713. The van der Waals surface area contributed by atoms with Crippen LogP contribution < -0.4 is 5.32 Å². The Balaban J connectivity index is 1.68. The zero-order chi connectivity index (χ0) is 18.8. The second kappa shape index (κ2) is 10.0. The minimum Gasteiger partial charge on any atom is -0.459 e. The van der Waals surface area contributed by atoms with Crippen LogP contribution in [0.2, 0.25) is 0 Å². The maximum absolute atomic E-state index is 12.2. The Morgan fingerprint density at radius 3 is 2.54 bits per heavy atom. The van der Waals surface area contributed by atoms with E-state index in [1.54, 1.807) is 11.0 Å². The van der Waals surface area contributed by atoms with Crippen LogP contribution in [0.25, 0.3) is 0 Å². The summed E-state index contributed by atoms with van der Waals surface area (Å²) >= 11 is 0. The fraction of sp³-hybridized carbons (Fsp3) is 0.316. The van der Waals surface area contributed by atoms with Crippen molar-refractivity contribution in [2.75, 3.05) is 19.7 Å². The Morgan fingerprint density at radius 2 is 1.88 bits per heavy atom. The molecule has 2 aromatic rings. The molecule has 7 heteroatoms. The maximum Gasteiger partial charge on any atom is 0.308 e. The van der Waals surface area contributed by atoms with E-state index in [4.69, 9.17) is 9.15 Å². The average Bonchev–Trinajstić information content (AvgIpc) is 3.20. The van der Waals surface area contributed by atoms with Gasteiger partial charge in [0.2, 0.25) is 0 Å². The molecular weight excluding hydrogens is 336 g/mol. The number of ether oxygens (including phenoxy) is 1. The van der Waals surface area contributed by atoms with Crippen molar-refractivity contribution >= 4 is 17.8 Å². The predicted molar refractivity (Wildman–Crippen MR) is 94.2 cm³/mol. The molecule has 1 aromatic carbocycles.